The van der Waals surface area contributed by atoms with Crippen LogP contribution in [-0.4, -0.2) is 41.1 Å². The molecule has 0 spiro atoms. The average Bonchev–Trinajstić information content (AvgIpc) is 2.25. The lowest BCUT2D eigenvalue weighted by Gasteiger charge is -2.27. The van der Waals surface area contributed by atoms with Crippen molar-refractivity contribution in [2.45, 2.75) is 46.6 Å². The molecule has 0 aromatic rings. The standard InChI is InChI=1S/C12H24N2O3/c1-5-7-14(9(3)4)12(17)13-8-10(6-2)11(15)16/h9-10H,5-8H2,1-4H3,(H,13,17)(H,15,16). The summed E-state index contributed by atoms with van der Waals surface area (Å²) in [6.07, 6.45) is 1.41. The number of hydrogen-bond acceptors (Lipinski definition) is 2. The molecule has 0 aliphatic carbocycles. The van der Waals surface area contributed by atoms with Crippen LogP contribution in [0.5, 0.6) is 0 Å². The predicted molar refractivity (Wildman–Crippen MR) is 66.9 cm³/mol. The van der Waals surface area contributed by atoms with Crippen molar-refractivity contribution >= 4 is 12.0 Å². The summed E-state index contributed by atoms with van der Waals surface area (Å²) in [5.41, 5.74) is 0. The van der Waals surface area contributed by atoms with Crippen LogP contribution in [-0.2, 0) is 4.79 Å². The van der Waals surface area contributed by atoms with Gasteiger partial charge in [0.1, 0.15) is 0 Å². The third kappa shape index (κ3) is 5.56. The second-order valence-corrected chi connectivity index (χ2v) is 4.42. The van der Waals surface area contributed by atoms with Crippen LogP contribution in [0.3, 0.4) is 0 Å². The van der Waals surface area contributed by atoms with Crippen LogP contribution < -0.4 is 5.32 Å². The highest BCUT2D eigenvalue weighted by Gasteiger charge is 2.19. The first-order valence-electron chi connectivity index (χ1n) is 6.21. The lowest BCUT2D eigenvalue weighted by Crippen LogP contribution is -2.46. The quantitative estimate of drug-likeness (QED) is 0.719. The number of hydrogen-bond donors (Lipinski definition) is 2. The van der Waals surface area contributed by atoms with Crippen molar-refractivity contribution in [2.75, 3.05) is 13.1 Å². The maximum atomic E-state index is 11.8. The molecule has 0 bridgehead atoms. The first-order chi connectivity index (χ1) is 7.93. The molecule has 0 heterocycles. The van der Waals surface area contributed by atoms with Crippen molar-refractivity contribution in [1.29, 1.82) is 0 Å². The molecule has 0 saturated heterocycles. The number of nitrogens with one attached hydrogen (secondary N) is 1. The van der Waals surface area contributed by atoms with Gasteiger partial charge in [0.25, 0.3) is 0 Å². The summed E-state index contributed by atoms with van der Waals surface area (Å²) in [5, 5.41) is 11.6. The van der Waals surface area contributed by atoms with Crippen LogP contribution in [0.4, 0.5) is 4.79 Å². The van der Waals surface area contributed by atoms with Gasteiger partial charge in [-0.25, -0.2) is 4.79 Å². The SMILES string of the molecule is CCCN(C(=O)NCC(CC)C(=O)O)C(C)C. The topological polar surface area (TPSA) is 69.6 Å². The van der Waals surface area contributed by atoms with Crippen molar-refractivity contribution in [3.8, 4) is 0 Å². The average molecular weight is 244 g/mol. The van der Waals surface area contributed by atoms with Gasteiger partial charge in [-0.15, -0.1) is 0 Å². The molecule has 0 fully saturated rings. The van der Waals surface area contributed by atoms with Crippen LogP contribution in [0.2, 0.25) is 0 Å². The van der Waals surface area contributed by atoms with E-state index in [1.165, 1.54) is 0 Å². The minimum Gasteiger partial charge on any atom is -0.481 e. The molecule has 0 rings (SSSR count). The first kappa shape index (κ1) is 15.7. The minimum absolute atomic E-state index is 0.125. The summed E-state index contributed by atoms with van der Waals surface area (Å²) in [7, 11) is 0. The van der Waals surface area contributed by atoms with Crippen LogP contribution in [0.1, 0.15) is 40.5 Å². The van der Waals surface area contributed by atoms with Crippen LogP contribution in [0, 0.1) is 5.92 Å². The zero-order chi connectivity index (χ0) is 13.4. The molecule has 17 heavy (non-hydrogen) atoms. The Kier molecular flexibility index (Phi) is 7.34. The van der Waals surface area contributed by atoms with Gasteiger partial charge in [-0.3, -0.25) is 4.79 Å². The number of aliphatic carboxylic acids is 1. The van der Waals surface area contributed by atoms with Crippen LogP contribution in [0.15, 0.2) is 0 Å². The fourth-order valence-electron chi connectivity index (χ4n) is 1.55. The van der Waals surface area contributed by atoms with Gasteiger partial charge in [-0.2, -0.15) is 0 Å². The summed E-state index contributed by atoms with van der Waals surface area (Å²) in [5.74, 6) is -1.37. The number of carboxylic acids is 1. The smallest absolute Gasteiger partial charge is 0.317 e. The molecule has 100 valence electrons. The Morgan fingerprint density at radius 1 is 1.29 bits per heavy atom. The summed E-state index contributed by atoms with van der Waals surface area (Å²) < 4.78 is 0. The Balaban J connectivity index is 4.26. The Morgan fingerprint density at radius 2 is 1.88 bits per heavy atom. The number of carbonyl (C=O) groups excluding carboxylic acids is 1. The van der Waals surface area contributed by atoms with Gasteiger partial charge < -0.3 is 15.3 Å². The summed E-state index contributed by atoms with van der Waals surface area (Å²) in [6, 6.07) is -0.0543. The second kappa shape index (κ2) is 7.92. The molecule has 0 saturated carbocycles. The lowest BCUT2D eigenvalue weighted by atomic mass is 10.1. The van der Waals surface area contributed by atoms with Gasteiger partial charge >= 0.3 is 12.0 Å². The third-order valence-corrected chi connectivity index (χ3v) is 2.69. The van der Waals surface area contributed by atoms with E-state index in [0.717, 1.165) is 6.42 Å². The molecule has 5 heteroatoms. The van der Waals surface area contributed by atoms with Gasteiger partial charge in [0.05, 0.1) is 5.92 Å². The number of amides is 2. The third-order valence-electron chi connectivity index (χ3n) is 2.69. The molecule has 5 nitrogen and oxygen atoms in total. The summed E-state index contributed by atoms with van der Waals surface area (Å²) in [6.45, 7) is 8.59. The second-order valence-electron chi connectivity index (χ2n) is 4.42. The van der Waals surface area contributed by atoms with Crippen molar-refractivity contribution in [3.05, 3.63) is 0 Å². The van der Waals surface area contributed by atoms with Crippen molar-refractivity contribution in [3.63, 3.8) is 0 Å². The van der Waals surface area contributed by atoms with E-state index in [4.69, 9.17) is 5.11 Å². The number of nitrogens with zero attached hydrogens (tertiary/aromatic N) is 1. The summed E-state index contributed by atoms with van der Waals surface area (Å²) >= 11 is 0. The van der Waals surface area contributed by atoms with Gasteiger partial charge in [0.15, 0.2) is 0 Å². The Labute approximate surface area is 103 Å². The molecular weight excluding hydrogens is 220 g/mol. The predicted octanol–water partition coefficient (Wildman–Crippen LogP) is 1.93. The van der Waals surface area contributed by atoms with Crippen molar-refractivity contribution in [2.24, 2.45) is 5.92 Å². The Bertz CT molecular complexity index is 254. The van der Waals surface area contributed by atoms with Gasteiger partial charge in [0, 0.05) is 19.1 Å². The minimum atomic E-state index is -0.862. The molecule has 0 aromatic carbocycles. The Hall–Kier alpha value is -1.26. The molecule has 2 N–H and O–H groups in total. The van der Waals surface area contributed by atoms with E-state index in [9.17, 15) is 9.59 Å². The fraction of sp³-hybridized carbons (Fsp3) is 0.833. The molecular formula is C12H24N2O3. The molecule has 0 aromatic heterocycles. The van der Waals surface area contributed by atoms with Crippen LogP contribution >= 0.6 is 0 Å². The van der Waals surface area contributed by atoms with Crippen molar-refractivity contribution < 1.29 is 14.7 Å². The zero-order valence-electron chi connectivity index (χ0n) is 11.2. The van der Waals surface area contributed by atoms with E-state index in [-0.39, 0.29) is 18.6 Å². The molecule has 0 aliphatic heterocycles. The largest absolute Gasteiger partial charge is 0.481 e. The van der Waals surface area contributed by atoms with E-state index in [1.807, 2.05) is 20.8 Å². The fourth-order valence-corrected chi connectivity index (χ4v) is 1.55. The lowest BCUT2D eigenvalue weighted by molar-refractivity contribution is -0.141. The maximum Gasteiger partial charge on any atom is 0.317 e. The monoisotopic (exact) mass is 244 g/mol. The molecule has 0 aliphatic rings. The van der Waals surface area contributed by atoms with E-state index in [2.05, 4.69) is 5.32 Å². The maximum absolute atomic E-state index is 11.8. The highest BCUT2D eigenvalue weighted by molar-refractivity contribution is 5.76. The Morgan fingerprint density at radius 3 is 2.24 bits per heavy atom. The van der Waals surface area contributed by atoms with Crippen LogP contribution in [0.25, 0.3) is 0 Å². The highest BCUT2D eigenvalue weighted by atomic mass is 16.4. The van der Waals surface area contributed by atoms with E-state index in [1.54, 1.807) is 11.8 Å². The highest BCUT2D eigenvalue weighted by Crippen LogP contribution is 2.03. The van der Waals surface area contributed by atoms with E-state index in [0.29, 0.717) is 13.0 Å². The first-order valence-corrected chi connectivity index (χ1v) is 6.21. The molecule has 2 amide bonds. The van der Waals surface area contributed by atoms with Gasteiger partial charge in [0.2, 0.25) is 0 Å². The number of carboxylic acid groups (broad SMARTS) is 1. The zero-order valence-corrected chi connectivity index (χ0v) is 11.2. The van der Waals surface area contributed by atoms with Gasteiger partial charge in [-0.05, 0) is 26.7 Å². The summed E-state index contributed by atoms with van der Waals surface area (Å²) in [4.78, 5) is 24.4. The molecule has 0 radical (unpaired) electrons. The normalized spacial score (nSPS) is 12.3. The van der Waals surface area contributed by atoms with E-state index < -0.39 is 11.9 Å². The molecule has 1 atom stereocenters. The van der Waals surface area contributed by atoms with Gasteiger partial charge in [-0.1, -0.05) is 13.8 Å². The number of urea groups is 1. The number of carbonyl (C=O) groups is 2. The molecule has 1 unspecified atom stereocenters. The number of rotatable bonds is 7. The van der Waals surface area contributed by atoms with E-state index >= 15 is 0 Å². The van der Waals surface area contributed by atoms with Crippen molar-refractivity contribution in [1.82, 2.24) is 10.2 Å².